The highest BCUT2D eigenvalue weighted by Crippen LogP contribution is 2.26. The molecular weight excluding hydrogens is 304 g/mol. The van der Waals surface area contributed by atoms with Crippen molar-refractivity contribution >= 4 is 27.5 Å². The van der Waals surface area contributed by atoms with Crippen LogP contribution in [-0.2, 0) is 14.8 Å². The van der Waals surface area contributed by atoms with Crippen molar-refractivity contribution in [1.82, 2.24) is 9.80 Å². The van der Waals surface area contributed by atoms with Crippen LogP contribution in [0.3, 0.4) is 0 Å². The number of nitrogens with zero attached hydrogens (tertiary/aromatic N) is 3. The number of rotatable bonds is 2. The molecule has 8 heteroatoms. The van der Waals surface area contributed by atoms with Crippen LogP contribution in [0.2, 0.25) is 0 Å². The van der Waals surface area contributed by atoms with E-state index in [4.69, 9.17) is 0 Å². The molecule has 22 heavy (non-hydrogen) atoms. The lowest BCUT2D eigenvalue weighted by molar-refractivity contribution is -0.130. The quantitative estimate of drug-likeness (QED) is 0.850. The first-order valence-corrected chi connectivity index (χ1v) is 8.57. The van der Waals surface area contributed by atoms with Gasteiger partial charge in [0.25, 0.3) is 10.0 Å². The Labute approximate surface area is 129 Å². The van der Waals surface area contributed by atoms with E-state index in [0.717, 1.165) is 0 Å². The van der Waals surface area contributed by atoms with E-state index in [9.17, 15) is 13.2 Å². The molecule has 0 unspecified atom stereocenters. The number of carbonyl (C=O) groups excluding carboxylic acids is 1. The van der Waals surface area contributed by atoms with Crippen LogP contribution >= 0.6 is 0 Å². The van der Waals surface area contributed by atoms with E-state index in [-0.39, 0.29) is 10.8 Å². The van der Waals surface area contributed by atoms with Crippen LogP contribution in [0.25, 0.3) is 0 Å². The molecule has 0 spiro atoms. The van der Waals surface area contributed by atoms with Crippen molar-refractivity contribution < 1.29 is 13.2 Å². The molecule has 2 heterocycles. The Hall–Kier alpha value is -1.93. The molecule has 1 aromatic carbocycles. The van der Waals surface area contributed by atoms with Crippen molar-refractivity contribution in [2.24, 2.45) is 4.40 Å². The summed E-state index contributed by atoms with van der Waals surface area (Å²) < 4.78 is 28.2. The third kappa shape index (κ3) is 2.97. The molecule has 0 saturated carbocycles. The molecule has 1 amide bonds. The number of carbonyl (C=O) groups is 1. The maximum atomic E-state index is 12.2. The standard InChI is InChI=1S/C14H18N4O3S/c1-11(19)18-8-6-17(7-9-18)10-14-15-12-4-2-3-5-13(12)22(20,21)16-14/h2-5H,6-10H2,1H3,(H,15,16). The minimum absolute atomic E-state index is 0.0734. The van der Waals surface area contributed by atoms with E-state index < -0.39 is 10.0 Å². The predicted molar refractivity (Wildman–Crippen MR) is 83.4 cm³/mol. The Bertz CT molecular complexity index is 721. The summed E-state index contributed by atoms with van der Waals surface area (Å²) in [6, 6.07) is 6.74. The van der Waals surface area contributed by atoms with E-state index in [1.807, 2.05) is 0 Å². The van der Waals surface area contributed by atoms with Crippen LogP contribution in [0, 0.1) is 0 Å². The summed E-state index contributed by atoms with van der Waals surface area (Å²) in [6.07, 6.45) is 0. The Morgan fingerprint density at radius 3 is 2.59 bits per heavy atom. The van der Waals surface area contributed by atoms with Gasteiger partial charge >= 0.3 is 0 Å². The van der Waals surface area contributed by atoms with E-state index in [1.54, 1.807) is 36.1 Å². The summed E-state index contributed by atoms with van der Waals surface area (Å²) in [5.41, 5.74) is 0.565. The normalized spacial score (nSPS) is 20.8. The molecule has 1 N–H and O–H groups in total. The largest absolute Gasteiger partial charge is 0.341 e. The number of piperazine rings is 1. The van der Waals surface area contributed by atoms with Gasteiger partial charge in [-0.15, -0.1) is 4.40 Å². The smallest absolute Gasteiger partial charge is 0.286 e. The fraction of sp³-hybridized carbons (Fsp3) is 0.429. The molecule has 1 aromatic rings. The van der Waals surface area contributed by atoms with E-state index in [0.29, 0.717) is 44.2 Å². The summed E-state index contributed by atoms with van der Waals surface area (Å²) in [5.74, 6) is 0.499. The molecule has 0 aliphatic carbocycles. The average Bonchev–Trinajstić information content (AvgIpc) is 2.47. The average molecular weight is 322 g/mol. The monoisotopic (exact) mass is 322 g/mol. The zero-order chi connectivity index (χ0) is 15.7. The number of fused-ring (bicyclic) bond motifs is 1. The number of nitrogens with one attached hydrogen (secondary N) is 1. The molecule has 3 rings (SSSR count). The molecule has 1 fully saturated rings. The summed E-state index contributed by atoms with van der Waals surface area (Å²) >= 11 is 0. The van der Waals surface area contributed by atoms with Crippen LogP contribution in [0.4, 0.5) is 5.69 Å². The highest BCUT2D eigenvalue weighted by atomic mass is 32.2. The molecule has 0 aromatic heterocycles. The zero-order valence-corrected chi connectivity index (χ0v) is 13.1. The van der Waals surface area contributed by atoms with E-state index >= 15 is 0 Å². The Morgan fingerprint density at radius 1 is 1.23 bits per heavy atom. The maximum absolute atomic E-state index is 12.2. The van der Waals surface area contributed by atoms with Crippen LogP contribution in [0.5, 0.6) is 0 Å². The lowest BCUT2D eigenvalue weighted by Crippen LogP contribution is -2.50. The Morgan fingerprint density at radius 2 is 1.91 bits per heavy atom. The number of hydrogen-bond donors (Lipinski definition) is 1. The topological polar surface area (TPSA) is 82.1 Å². The van der Waals surface area contributed by atoms with Crippen molar-refractivity contribution in [3.05, 3.63) is 24.3 Å². The second-order valence-corrected chi connectivity index (χ2v) is 6.99. The van der Waals surface area contributed by atoms with Crippen molar-refractivity contribution in [3.63, 3.8) is 0 Å². The van der Waals surface area contributed by atoms with Crippen molar-refractivity contribution in [2.75, 3.05) is 38.0 Å². The number of hydrogen-bond acceptors (Lipinski definition) is 5. The molecule has 7 nitrogen and oxygen atoms in total. The fourth-order valence-corrected chi connectivity index (χ4v) is 3.81. The van der Waals surface area contributed by atoms with Gasteiger partial charge in [-0.1, -0.05) is 12.1 Å². The highest BCUT2D eigenvalue weighted by molar-refractivity contribution is 7.90. The number of para-hydroxylation sites is 1. The zero-order valence-electron chi connectivity index (χ0n) is 12.3. The molecular formula is C14H18N4O3S. The minimum atomic E-state index is -3.63. The third-order valence-corrected chi connectivity index (χ3v) is 5.24. The summed E-state index contributed by atoms with van der Waals surface area (Å²) in [4.78, 5) is 15.4. The molecule has 0 bridgehead atoms. The van der Waals surface area contributed by atoms with Gasteiger partial charge in [-0.05, 0) is 12.1 Å². The first kappa shape index (κ1) is 15.0. The van der Waals surface area contributed by atoms with E-state index in [1.165, 1.54) is 0 Å². The van der Waals surface area contributed by atoms with Gasteiger partial charge in [0.15, 0.2) is 0 Å². The maximum Gasteiger partial charge on any atom is 0.286 e. The van der Waals surface area contributed by atoms with Gasteiger partial charge in [0.2, 0.25) is 5.91 Å². The predicted octanol–water partition coefficient (Wildman–Crippen LogP) is 0.363. The Balaban J connectivity index is 1.70. The second kappa shape index (κ2) is 5.69. The SMILES string of the molecule is CC(=O)N1CCN(CC2=NS(=O)(=O)c3ccccc3N2)CC1. The van der Waals surface area contributed by atoms with Gasteiger partial charge in [-0.3, -0.25) is 9.69 Å². The summed E-state index contributed by atoms with van der Waals surface area (Å²) in [7, 11) is -3.63. The molecule has 0 radical (unpaired) electrons. The number of sulfonamides is 1. The van der Waals surface area contributed by atoms with Gasteiger partial charge in [-0.2, -0.15) is 8.42 Å². The van der Waals surface area contributed by atoms with Gasteiger partial charge < -0.3 is 10.2 Å². The minimum Gasteiger partial charge on any atom is -0.341 e. The van der Waals surface area contributed by atoms with Crippen LogP contribution < -0.4 is 5.32 Å². The second-order valence-electron chi connectivity index (χ2n) is 5.42. The third-order valence-electron chi connectivity index (χ3n) is 3.87. The van der Waals surface area contributed by atoms with Gasteiger partial charge in [0.05, 0.1) is 12.2 Å². The van der Waals surface area contributed by atoms with Crippen molar-refractivity contribution in [3.8, 4) is 0 Å². The fourth-order valence-electron chi connectivity index (χ4n) is 2.67. The molecule has 2 aliphatic rings. The van der Waals surface area contributed by atoms with Crippen LogP contribution in [-0.4, -0.2) is 62.7 Å². The van der Waals surface area contributed by atoms with Gasteiger partial charge in [0, 0.05) is 33.1 Å². The number of amidine groups is 1. The highest BCUT2D eigenvalue weighted by Gasteiger charge is 2.26. The Kier molecular flexibility index (Phi) is 3.88. The van der Waals surface area contributed by atoms with Gasteiger partial charge in [0.1, 0.15) is 10.7 Å². The van der Waals surface area contributed by atoms with Crippen LogP contribution in [0.1, 0.15) is 6.92 Å². The van der Waals surface area contributed by atoms with Gasteiger partial charge in [-0.25, -0.2) is 0 Å². The van der Waals surface area contributed by atoms with Crippen molar-refractivity contribution in [2.45, 2.75) is 11.8 Å². The molecule has 2 aliphatic heterocycles. The lowest BCUT2D eigenvalue weighted by Gasteiger charge is -2.34. The first-order chi connectivity index (χ1) is 10.5. The summed E-state index contributed by atoms with van der Waals surface area (Å²) in [6.45, 7) is 4.73. The summed E-state index contributed by atoms with van der Waals surface area (Å²) in [5, 5.41) is 3.08. The van der Waals surface area contributed by atoms with Crippen LogP contribution in [0.15, 0.2) is 33.6 Å². The number of amides is 1. The first-order valence-electron chi connectivity index (χ1n) is 7.13. The molecule has 0 atom stereocenters. The number of benzene rings is 1. The number of anilines is 1. The lowest BCUT2D eigenvalue weighted by atomic mass is 10.3. The molecule has 118 valence electrons. The van der Waals surface area contributed by atoms with E-state index in [2.05, 4.69) is 14.6 Å². The molecule has 1 saturated heterocycles. The van der Waals surface area contributed by atoms with Crippen molar-refractivity contribution in [1.29, 1.82) is 0 Å².